The standard InChI is InChI=1S/C14H17N3O3S/c18-14(19)10-7-9(10)8-16-2-4-17(5-3-16)13-12-11(20-15-13)1-6-21-12/h1,6,9-10H,2-5,7-8H2,(H,18,19)/t9-,10?/m0/s1. The van der Waals surface area contributed by atoms with Crippen LogP contribution < -0.4 is 4.90 Å². The van der Waals surface area contributed by atoms with Crippen LogP contribution in [0.2, 0.25) is 0 Å². The van der Waals surface area contributed by atoms with E-state index >= 15 is 0 Å². The molecule has 1 aliphatic carbocycles. The van der Waals surface area contributed by atoms with Gasteiger partial charge < -0.3 is 14.5 Å². The average Bonchev–Trinajstić information content (AvgIpc) is 2.92. The number of fused-ring (bicyclic) bond motifs is 1. The number of hydrogen-bond acceptors (Lipinski definition) is 6. The zero-order chi connectivity index (χ0) is 14.4. The van der Waals surface area contributed by atoms with Crippen LogP contribution in [-0.4, -0.2) is 53.9 Å². The highest BCUT2D eigenvalue weighted by Crippen LogP contribution is 2.39. The number of anilines is 1. The van der Waals surface area contributed by atoms with E-state index in [0.29, 0.717) is 5.92 Å². The highest BCUT2D eigenvalue weighted by atomic mass is 32.1. The number of carboxylic acid groups (broad SMARTS) is 1. The van der Waals surface area contributed by atoms with Gasteiger partial charge in [0.25, 0.3) is 0 Å². The quantitative estimate of drug-likeness (QED) is 0.927. The third-order valence-electron chi connectivity index (χ3n) is 4.47. The Morgan fingerprint density at radius 1 is 1.43 bits per heavy atom. The van der Waals surface area contributed by atoms with Crippen molar-refractivity contribution in [2.45, 2.75) is 6.42 Å². The fourth-order valence-electron chi connectivity index (χ4n) is 3.09. The van der Waals surface area contributed by atoms with Crippen molar-refractivity contribution in [3.05, 3.63) is 11.4 Å². The number of carboxylic acids is 1. The van der Waals surface area contributed by atoms with E-state index in [9.17, 15) is 4.79 Å². The molecule has 4 rings (SSSR count). The van der Waals surface area contributed by atoms with Crippen LogP contribution >= 0.6 is 11.3 Å². The summed E-state index contributed by atoms with van der Waals surface area (Å²) in [6.45, 7) is 4.68. The molecule has 0 spiro atoms. The van der Waals surface area contributed by atoms with Crippen molar-refractivity contribution < 1.29 is 14.4 Å². The summed E-state index contributed by atoms with van der Waals surface area (Å²) in [4.78, 5) is 15.5. The number of hydrogen-bond donors (Lipinski definition) is 1. The molecule has 2 aromatic rings. The van der Waals surface area contributed by atoms with Gasteiger partial charge in [-0.2, -0.15) is 0 Å². The average molecular weight is 307 g/mol. The molecule has 2 fully saturated rings. The summed E-state index contributed by atoms with van der Waals surface area (Å²) in [5, 5.41) is 15.2. The fourth-order valence-corrected chi connectivity index (χ4v) is 3.91. The molecule has 0 bridgehead atoms. The second kappa shape index (κ2) is 4.99. The third-order valence-corrected chi connectivity index (χ3v) is 5.36. The summed E-state index contributed by atoms with van der Waals surface area (Å²) >= 11 is 1.66. The SMILES string of the molecule is O=C(O)C1C[C@H]1CN1CCN(c2noc3ccsc23)CC1. The molecule has 1 saturated carbocycles. The van der Waals surface area contributed by atoms with Crippen LogP contribution in [0, 0.1) is 11.8 Å². The number of thiophene rings is 1. The number of aromatic nitrogens is 1. The maximum atomic E-state index is 10.9. The smallest absolute Gasteiger partial charge is 0.306 e. The van der Waals surface area contributed by atoms with Gasteiger partial charge >= 0.3 is 5.97 Å². The normalized spacial score (nSPS) is 26.4. The summed E-state index contributed by atoms with van der Waals surface area (Å²) in [7, 11) is 0. The highest BCUT2D eigenvalue weighted by molar-refractivity contribution is 7.17. The first-order chi connectivity index (χ1) is 10.2. The van der Waals surface area contributed by atoms with Gasteiger partial charge in [-0.15, -0.1) is 11.3 Å². The molecule has 21 heavy (non-hydrogen) atoms. The number of aliphatic carboxylic acids is 1. The molecule has 1 N–H and O–H groups in total. The molecule has 1 aliphatic heterocycles. The first kappa shape index (κ1) is 13.1. The minimum absolute atomic E-state index is 0.107. The minimum atomic E-state index is -0.638. The van der Waals surface area contributed by atoms with Gasteiger partial charge in [0.15, 0.2) is 11.4 Å². The van der Waals surface area contributed by atoms with E-state index in [1.165, 1.54) is 0 Å². The number of carbonyl (C=O) groups is 1. The Bertz CT molecular complexity index is 659. The first-order valence-corrected chi connectivity index (χ1v) is 8.13. The molecule has 0 radical (unpaired) electrons. The van der Waals surface area contributed by atoms with Gasteiger partial charge in [-0.3, -0.25) is 9.69 Å². The molecule has 0 aromatic carbocycles. The van der Waals surface area contributed by atoms with E-state index in [1.54, 1.807) is 11.3 Å². The largest absolute Gasteiger partial charge is 0.481 e. The number of piperazine rings is 1. The van der Waals surface area contributed by atoms with Crippen LogP contribution in [0.25, 0.3) is 10.3 Å². The maximum Gasteiger partial charge on any atom is 0.306 e. The summed E-state index contributed by atoms with van der Waals surface area (Å²) in [5.74, 6) is 0.560. The predicted molar refractivity (Wildman–Crippen MR) is 79.8 cm³/mol. The number of nitrogens with zero attached hydrogens (tertiary/aromatic N) is 3. The minimum Gasteiger partial charge on any atom is -0.481 e. The molecular weight excluding hydrogens is 290 g/mol. The lowest BCUT2D eigenvalue weighted by atomic mass is 10.2. The summed E-state index contributed by atoms with van der Waals surface area (Å²) in [5.41, 5.74) is 0.861. The second-order valence-corrected chi connectivity index (χ2v) is 6.76. The fraction of sp³-hybridized carbons (Fsp3) is 0.571. The van der Waals surface area contributed by atoms with Crippen molar-refractivity contribution in [1.29, 1.82) is 0 Å². The number of rotatable bonds is 4. The molecule has 0 amide bonds. The van der Waals surface area contributed by atoms with Crippen LogP contribution in [0.5, 0.6) is 0 Å². The van der Waals surface area contributed by atoms with Crippen molar-refractivity contribution in [1.82, 2.24) is 10.1 Å². The van der Waals surface area contributed by atoms with Gasteiger partial charge in [0.1, 0.15) is 4.70 Å². The van der Waals surface area contributed by atoms with E-state index in [2.05, 4.69) is 15.0 Å². The van der Waals surface area contributed by atoms with Crippen LogP contribution in [0.4, 0.5) is 5.82 Å². The lowest BCUT2D eigenvalue weighted by molar-refractivity contribution is -0.138. The van der Waals surface area contributed by atoms with Gasteiger partial charge in [-0.05, 0) is 23.8 Å². The highest BCUT2D eigenvalue weighted by Gasteiger charge is 2.44. The van der Waals surface area contributed by atoms with Crippen molar-refractivity contribution in [3.8, 4) is 0 Å². The maximum absolute atomic E-state index is 10.9. The van der Waals surface area contributed by atoms with Crippen molar-refractivity contribution in [2.24, 2.45) is 11.8 Å². The molecule has 1 unspecified atom stereocenters. The Morgan fingerprint density at radius 3 is 2.95 bits per heavy atom. The lowest BCUT2D eigenvalue weighted by Gasteiger charge is -2.34. The Morgan fingerprint density at radius 2 is 2.24 bits per heavy atom. The summed E-state index contributed by atoms with van der Waals surface area (Å²) < 4.78 is 6.45. The summed E-state index contributed by atoms with van der Waals surface area (Å²) in [6, 6.07) is 1.95. The van der Waals surface area contributed by atoms with Gasteiger partial charge in [0.2, 0.25) is 0 Å². The molecule has 6 nitrogen and oxygen atoms in total. The Labute approximate surface area is 125 Å². The van der Waals surface area contributed by atoms with Crippen LogP contribution in [0.3, 0.4) is 0 Å². The van der Waals surface area contributed by atoms with Crippen LogP contribution in [-0.2, 0) is 4.79 Å². The monoisotopic (exact) mass is 307 g/mol. The van der Waals surface area contributed by atoms with Crippen molar-refractivity contribution >= 4 is 33.4 Å². The Kier molecular flexibility index (Phi) is 3.11. The van der Waals surface area contributed by atoms with Crippen LogP contribution in [0.1, 0.15) is 6.42 Å². The van der Waals surface area contributed by atoms with E-state index in [1.807, 2.05) is 11.4 Å². The third kappa shape index (κ3) is 2.40. The van der Waals surface area contributed by atoms with Crippen LogP contribution in [0.15, 0.2) is 16.0 Å². The molecular formula is C14H17N3O3S. The zero-order valence-corrected chi connectivity index (χ0v) is 12.4. The molecule has 7 heteroatoms. The van der Waals surface area contributed by atoms with Gasteiger partial charge in [0, 0.05) is 32.7 Å². The van der Waals surface area contributed by atoms with E-state index in [-0.39, 0.29) is 5.92 Å². The molecule has 2 atom stereocenters. The predicted octanol–water partition coefficient (Wildman–Crippen LogP) is 1.73. The van der Waals surface area contributed by atoms with E-state index < -0.39 is 5.97 Å². The second-order valence-electron chi connectivity index (χ2n) is 5.85. The van der Waals surface area contributed by atoms with Gasteiger partial charge in [0.05, 0.1) is 5.92 Å². The van der Waals surface area contributed by atoms with Gasteiger partial charge in [-0.25, -0.2) is 0 Å². The van der Waals surface area contributed by atoms with Crippen molar-refractivity contribution in [2.75, 3.05) is 37.6 Å². The topological polar surface area (TPSA) is 69.8 Å². The molecule has 2 aliphatic rings. The first-order valence-electron chi connectivity index (χ1n) is 7.25. The molecule has 112 valence electrons. The van der Waals surface area contributed by atoms with E-state index in [0.717, 1.165) is 55.2 Å². The van der Waals surface area contributed by atoms with E-state index in [4.69, 9.17) is 9.63 Å². The molecule has 3 heterocycles. The summed E-state index contributed by atoms with van der Waals surface area (Å²) in [6.07, 6.45) is 0.842. The Balaban J connectivity index is 1.35. The Hall–Kier alpha value is -1.60. The molecule has 2 aromatic heterocycles. The molecule has 1 saturated heterocycles. The zero-order valence-electron chi connectivity index (χ0n) is 11.6. The lowest BCUT2D eigenvalue weighted by Crippen LogP contribution is -2.47. The van der Waals surface area contributed by atoms with Gasteiger partial charge in [-0.1, -0.05) is 5.16 Å². The van der Waals surface area contributed by atoms with Crippen molar-refractivity contribution in [3.63, 3.8) is 0 Å².